The Morgan fingerprint density at radius 2 is 2.22 bits per heavy atom. The summed E-state index contributed by atoms with van der Waals surface area (Å²) in [4.78, 5) is 11.3. The Labute approximate surface area is 105 Å². The maximum Gasteiger partial charge on any atom is 0.238 e. The minimum absolute atomic E-state index is 0.0998. The number of amides is 1. The quantitative estimate of drug-likeness (QED) is 0.775. The van der Waals surface area contributed by atoms with E-state index in [1.807, 2.05) is 0 Å². The molecule has 0 saturated heterocycles. The molecule has 0 bridgehead atoms. The van der Waals surface area contributed by atoms with Crippen LogP contribution in [0, 0.1) is 0 Å². The minimum atomic E-state index is -3.83. The minimum Gasteiger partial charge on any atom is -0.495 e. The zero-order valence-corrected chi connectivity index (χ0v) is 10.7. The number of rotatable bonds is 5. The number of sulfonamides is 1. The van der Waals surface area contributed by atoms with Crippen LogP contribution in [-0.4, -0.2) is 21.4 Å². The van der Waals surface area contributed by atoms with Gasteiger partial charge in [-0.25, -0.2) is 13.6 Å². The van der Waals surface area contributed by atoms with Gasteiger partial charge < -0.3 is 10.1 Å². The number of nitrogens with two attached hydrogens (primary N) is 1. The van der Waals surface area contributed by atoms with E-state index in [-0.39, 0.29) is 22.9 Å². The normalized spacial score (nSPS) is 10.8. The summed E-state index contributed by atoms with van der Waals surface area (Å²) in [7, 11) is -2.41. The molecular formula is C11H14N2O4S. The second kappa shape index (κ2) is 5.65. The fourth-order valence-corrected chi connectivity index (χ4v) is 1.83. The number of carbonyl (C=O) groups is 1. The molecule has 7 heteroatoms. The van der Waals surface area contributed by atoms with Crippen LogP contribution >= 0.6 is 0 Å². The van der Waals surface area contributed by atoms with E-state index in [9.17, 15) is 13.2 Å². The average molecular weight is 270 g/mol. The van der Waals surface area contributed by atoms with Gasteiger partial charge in [0.1, 0.15) is 5.75 Å². The standard InChI is InChI=1S/C11H14N2O4S/c1-3-4-11(14)13-9-7-8(18(12,15)16)5-6-10(9)17-2/h3,5-7H,1,4H2,2H3,(H,13,14)(H2,12,15,16). The SMILES string of the molecule is C=CCC(=O)Nc1cc(S(N)(=O)=O)ccc1OC. The Kier molecular flexibility index (Phi) is 4.46. The first kappa shape index (κ1) is 14.2. The number of anilines is 1. The van der Waals surface area contributed by atoms with Gasteiger partial charge in [-0.05, 0) is 18.2 Å². The van der Waals surface area contributed by atoms with E-state index in [1.54, 1.807) is 0 Å². The molecule has 0 aliphatic carbocycles. The van der Waals surface area contributed by atoms with E-state index in [4.69, 9.17) is 9.88 Å². The molecule has 1 amide bonds. The zero-order chi connectivity index (χ0) is 13.8. The molecule has 0 saturated carbocycles. The second-order valence-corrected chi connectivity index (χ2v) is 5.01. The summed E-state index contributed by atoms with van der Waals surface area (Å²) in [5.74, 6) is 0.0229. The molecule has 0 fully saturated rings. The maximum atomic E-state index is 11.4. The topological polar surface area (TPSA) is 98.5 Å². The lowest BCUT2D eigenvalue weighted by molar-refractivity contribution is -0.115. The van der Waals surface area contributed by atoms with E-state index in [0.29, 0.717) is 5.75 Å². The fourth-order valence-electron chi connectivity index (χ4n) is 1.29. The molecule has 0 aliphatic rings. The molecule has 0 aromatic heterocycles. The van der Waals surface area contributed by atoms with Crippen LogP contribution in [0.4, 0.5) is 5.69 Å². The molecule has 0 atom stereocenters. The molecule has 1 rings (SSSR count). The van der Waals surface area contributed by atoms with Gasteiger partial charge in [0, 0.05) is 6.42 Å². The lowest BCUT2D eigenvalue weighted by Gasteiger charge is -2.10. The van der Waals surface area contributed by atoms with E-state index < -0.39 is 10.0 Å². The highest BCUT2D eigenvalue weighted by molar-refractivity contribution is 7.89. The summed E-state index contributed by atoms with van der Waals surface area (Å²) in [6.45, 7) is 3.43. The number of benzene rings is 1. The third-order valence-corrected chi connectivity index (χ3v) is 3.01. The molecular weight excluding hydrogens is 256 g/mol. The largest absolute Gasteiger partial charge is 0.495 e. The summed E-state index contributed by atoms with van der Waals surface area (Å²) in [6, 6.07) is 3.97. The van der Waals surface area contributed by atoms with Crippen molar-refractivity contribution in [1.29, 1.82) is 0 Å². The van der Waals surface area contributed by atoms with Crippen molar-refractivity contribution in [3.63, 3.8) is 0 Å². The van der Waals surface area contributed by atoms with Crippen LogP contribution in [0.1, 0.15) is 6.42 Å². The van der Waals surface area contributed by atoms with Crippen LogP contribution in [0.25, 0.3) is 0 Å². The van der Waals surface area contributed by atoms with E-state index in [0.717, 1.165) is 0 Å². The van der Waals surface area contributed by atoms with E-state index in [1.165, 1.54) is 31.4 Å². The maximum absolute atomic E-state index is 11.4. The van der Waals surface area contributed by atoms with Crippen molar-refractivity contribution < 1.29 is 17.9 Å². The number of ether oxygens (including phenoxy) is 1. The molecule has 1 aromatic rings. The molecule has 1 aromatic carbocycles. The molecule has 0 unspecified atom stereocenters. The molecule has 18 heavy (non-hydrogen) atoms. The van der Waals surface area contributed by atoms with Crippen molar-refractivity contribution in [2.45, 2.75) is 11.3 Å². The van der Waals surface area contributed by atoms with Gasteiger partial charge in [-0.3, -0.25) is 4.79 Å². The Hall–Kier alpha value is -1.86. The number of hydrogen-bond acceptors (Lipinski definition) is 4. The van der Waals surface area contributed by atoms with Crippen molar-refractivity contribution in [2.24, 2.45) is 5.14 Å². The van der Waals surface area contributed by atoms with Crippen LogP contribution in [0.5, 0.6) is 5.75 Å². The third-order valence-electron chi connectivity index (χ3n) is 2.10. The van der Waals surface area contributed by atoms with Gasteiger partial charge >= 0.3 is 0 Å². The van der Waals surface area contributed by atoms with Gasteiger partial charge in [-0.2, -0.15) is 0 Å². The summed E-state index contributed by atoms with van der Waals surface area (Å²) in [5, 5.41) is 7.53. The fraction of sp³-hybridized carbons (Fsp3) is 0.182. The third kappa shape index (κ3) is 3.57. The van der Waals surface area contributed by atoms with Gasteiger partial charge in [0.05, 0.1) is 17.7 Å². The van der Waals surface area contributed by atoms with Crippen molar-refractivity contribution in [1.82, 2.24) is 0 Å². The number of carbonyl (C=O) groups excluding carboxylic acids is 1. The lowest BCUT2D eigenvalue weighted by atomic mass is 10.2. The zero-order valence-electron chi connectivity index (χ0n) is 9.84. The molecule has 6 nitrogen and oxygen atoms in total. The molecule has 3 N–H and O–H groups in total. The summed E-state index contributed by atoms with van der Waals surface area (Å²) in [5.41, 5.74) is 0.246. The monoisotopic (exact) mass is 270 g/mol. The molecule has 0 heterocycles. The van der Waals surface area contributed by atoms with Crippen LogP contribution in [-0.2, 0) is 14.8 Å². The van der Waals surface area contributed by atoms with E-state index in [2.05, 4.69) is 11.9 Å². The van der Waals surface area contributed by atoms with E-state index >= 15 is 0 Å². The predicted octanol–water partition coefficient (Wildman–Crippen LogP) is 0.857. The van der Waals surface area contributed by atoms with Crippen molar-refractivity contribution in [3.05, 3.63) is 30.9 Å². The van der Waals surface area contributed by atoms with Crippen molar-refractivity contribution in [3.8, 4) is 5.75 Å². The van der Waals surface area contributed by atoms with Gasteiger partial charge in [0.25, 0.3) is 0 Å². The van der Waals surface area contributed by atoms with Gasteiger partial charge in [0.15, 0.2) is 0 Å². The van der Waals surface area contributed by atoms with Crippen LogP contribution < -0.4 is 15.2 Å². The van der Waals surface area contributed by atoms with Crippen LogP contribution in [0.3, 0.4) is 0 Å². The second-order valence-electron chi connectivity index (χ2n) is 3.45. The van der Waals surface area contributed by atoms with Gasteiger partial charge in [-0.1, -0.05) is 6.08 Å². The summed E-state index contributed by atoms with van der Waals surface area (Å²) >= 11 is 0. The first-order chi connectivity index (χ1) is 8.38. The Balaban J connectivity index is 3.14. The highest BCUT2D eigenvalue weighted by Gasteiger charge is 2.13. The van der Waals surface area contributed by atoms with Crippen LogP contribution in [0.2, 0.25) is 0 Å². The lowest BCUT2D eigenvalue weighted by Crippen LogP contribution is -2.14. The number of primary sulfonamides is 1. The molecule has 0 aliphatic heterocycles. The molecule has 0 spiro atoms. The smallest absolute Gasteiger partial charge is 0.238 e. The van der Waals surface area contributed by atoms with Gasteiger partial charge in [0.2, 0.25) is 15.9 Å². The highest BCUT2D eigenvalue weighted by Crippen LogP contribution is 2.27. The molecule has 0 radical (unpaired) electrons. The average Bonchev–Trinajstić information content (AvgIpc) is 2.28. The Morgan fingerprint density at radius 3 is 2.72 bits per heavy atom. The number of nitrogens with one attached hydrogen (secondary N) is 1. The van der Waals surface area contributed by atoms with Crippen molar-refractivity contribution >= 4 is 21.6 Å². The predicted molar refractivity (Wildman–Crippen MR) is 67.8 cm³/mol. The summed E-state index contributed by atoms with van der Waals surface area (Å²) < 4.78 is 27.4. The first-order valence-electron chi connectivity index (χ1n) is 5.00. The van der Waals surface area contributed by atoms with Crippen molar-refractivity contribution in [2.75, 3.05) is 12.4 Å². The summed E-state index contributed by atoms with van der Waals surface area (Å²) in [6.07, 6.45) is 1.55. The Bertz CT molecular complexity index is 566. The first-order valence-corrected chi connectivity index (χ1v) is 6.54. The number of hydrogen-bond donors (Lipinski definition) is 2. The Morgan fingerprint density at radius 1 is 1.56 bits per heavy atom. The number of methoxy groups -OCH3 is 1. The molecule has 98 valence electrons. The van der Waals surface area contributed by atoms with Crippen LogP contribution in [0.15, 0.2) is 35.7 Å². The highest BCUT2D eigenvalue weighted by atomic mass is 32.2. The van der Waals surface area contributed by atoms with Gasteiger partial charge in [-0.15, -0.1) is 6.58 Å².